The Hall–Kier alpha value is -0.910. The first-order chi connectivity index (χ1) is 7.90. The molecule has 2 aromatic rings. The summed E-state index contributed by atoms with van der Waals surface area (Å²) >= 11 is 1.65. The quantitative estimate of drug-likeness (QED) is 0.697. The lowest BCUT2D eigenvalue weighted by atomic mass is 10.1. The molecule has 0 aliphatic carbocycles. The van der Waals surface area contributed by atoms with Crippen LogP contribution in [0.4, 0.5) is 0 Å². The molecule has 0 atom stereocenters. The van der Waals surface area contributed by atoms with Crippen molar-refractivity contribution < 1.29 is 0 Å². The van der Waals surface area contributed by atoms with E-state index >= 15 is 0 Å². The van der Waals surface area contributed by atoms with Crippen molar-refractivity contribution in [1.82, 2.24) is 9.97 Å². The van der Waals surface area contributed by atoms with Crippen LogP contribution < -0.4 is 5.73 Å². The third-order valence-electron chi connectivity index (χ3n) is 2.08. The highest BCUT2D eigenvalue weighted by atomic mass is 79.9. The number of nitrogens with zero attached hydrogens (tertiary/aromatic N) is 2. The molecule has 0 radical (unpaired) electrons. The molecule has 0 saturated carbocycles. The Morgan fingerprint density at radius 2 is 1.88 bits per heavy atom. The average molecular weight is 312 g/mol. The number of hydrogen-bond donors (Lipinski definition) is 1. The van der Waals surface area contributed by atoms with E-state index in [4.69, 9.17) is 5.73 Å². The minimum absolute atomic E-state index is 0. The summed E-state index contributed by atoms with van der Waals surface area (Å²) in [6.45, 7) is 0.662. The Labute approximate surface area is 116 Å². The summed E-state index contributed by atoms with van der Waals surface area (Å²) in [6.07, 6.45) is 1.60. The molecule has 0 bridgehead atoms. The van der Waals surface area contributed by atoms with Crippen molar-refractivity contribution in [2.45, 2.75) is 5.03 Å². The van der Waals surface area contributed by atoms with Crippen LogP contribution in [0.25, 0.3) is 11.3 Å². The Morgan fingerprint density at radius 1 is 1.12 bits per heavy atom. The second-order valence-electron chi connectivity index (χ2n) is 3.24. The molecule has 5 heteroatoms. The number of rotatable bonds is 4. The third kappa shape index (κ3) is 4.11. The molecule has 1 heterocycles. The molecule has 90 valence electrons. The van der Waals surface area contributed by atoms with E-state index in [0.717, 1.165) is 22.0 Å². The lowest BCUT2D eigenvalue weighted by Gasteiger charge is -2.02. The minimum atomic E-state index is 0. The molecule has 0 fully saturated rings. The molecule has 3 nitrogen and oxygen atoms in total. The first-order valence-corrected chi connectivity index (χ1v) is 6.09. The van der Waals surface area contributed by atoms with Crippen LogP contribution in [0.3, 0.4) is 0 Å². The Morgan fingerprint density at radius 3 is 2.59 bits per heavy atom. The van der Waals surface area contributed by atoms with Crippen molar-refractivity contribution >= 4 is 28.7 Å². The standard InChI is InChI=1S/C12H13N3S.BrH/c13-6-7-16-12-8-11(14-9-15-12)10-4-2-1-3-5-10;/h1-5,8-9H,6-7,13H2;1H. The number of benzene rings is 1. The number of aromatic nitrogens is 2. The van der Waals surface area contributed by atoms with Crippen LogP contribution in [-0.4, -0.2) is 22.3 Å². The monoisotopic (exact) mass is 311 g/mol. The molecule has 0 spiro atoms. The topological polar surface area (TPSA) is 51.8 Å². The van der Waals surface area contributed by atoms with Crippen molar-refractivity contribution in [2.75, 3.05) is 12.3 Å². The van der Waals surface area contributed by atoms with Crippen molar-refractivity contribution in [3.63, 3.8) is 0 Å². The van der Waals surface area contributed by atoms with Gasteiger partial charge in [-0.15, -0.1) is 28.7 Å². The Bertz CT molecular complexity index is 451. The summed E-state index contributed by atoms with van der Waals surface area (Å²) in [7, 11) is 0. The zero-order valence-corrected chi connectivity index (χ0v) is 11.8. The fraction of sp³-hybridized carbons (Fsp3) is 0.167. The molecule has 1 aromatic carbocycles. The van der Waals surface area contributed by atoms with Gasteiger partial charge in [0.05, 0.1) is 5.69 Å². The van der Waals surface area contributed by atoms with Gasteiger partial charge in [-0.2, -0.15) is 0 Å². The van der Waals surface area contributed by atoms with Crippen molar-refractivity contribution in [2.24, 2.45) is 5.73 Å². The highest BCUT2D eigenvalue weighted by molar-refractivity contribution is 8.93. The molecular weight excluding hydrogens is 298 g/mol. The smallest absolute Gasteiger partial charge is 0.117 e. The largest absolute Gasteiger partial charge is 0.330 e. The number of nitrogens with two attached hydrogens (primary N) is 1. The summed E-state index contributed by atoms with van der Waals surface area (Å²) in [5.41, 5.74) is 7.53. The fourth-order valence-corrected chi connectivity index (χ4v) is 1.99. The van der Waals surface area contributed by atoms with Crippen LogP contribution in [0.1, 0.15) is 0 Å². The van der Waals surface area contributed by atoms with Crippen LogP contribution in [-0.2, 0) is 0 Å². The van der Waals surface area contributed by atoms with Crippen molar-refractivity contribution in [1.29, 1.82) is 0 Å². The zero-order valence-electron chi connectivity index (χ0n) is 9.24. The Kier molecular flexibility index (Phi) is 6.18. The van der Waals surface area contributed by atoms with Crippen LogP contribution in [0.5, 0.6) is 0 Å². The molecule has 17 heavy (non-hydrogen) atoms. The first kappa shape index (κ1) is 14.2. The van der Waals surface area contributed by atoms with Crippen molar-refractivity contribution in [3.8, 4) is 11.3 Å². The zero-order chi connectivity index (χ0) is 11.2. The van der Waals surface area contributed by atoms with E-state index in [0.29, 0.717) is 6.54 Å². The summed E-state index contributed by atoms with van der Waals surface area (Å²) in [5.74, 6) is 0.880. The third-order valence-corrected chi connectivity index (χ3v) is 3.04. The van der Waals surface area contributed by atoms with Crippen LogP contribution >= 0.6 is 28.7 Å². The summed E-state index contributed by atoms with van der Waals surface area (Å²) in [6, 6.07) is 12.1. The van der Waals surface area contributed by atoms with Crippen molar-refractivity contribution in [3.05, 3.63) is 42.7 Å². The van der Waals surface area contributed by atoms with Gasteiger partial charge in [0, 0.05) is 17.9 Å². The predicted octanol–water partition coefficient (Wildman–Crippen LogP) is 2.77. The minimum Gasteiger partial charge on any atom is -0.330 e. The number of halogens is 1. The second-order valence-corrected chi connectivity index (χ2v) is 4.36. The molecule has 0 amide bonds. The van der Waals surface area contributed by atoms with Gasteiger partial charge in [0.15, 0.2) is 0 Å². The van der Waals surface area contributed by atoms with Gasteiger partial charge in [0.1, 0.15) is 11.4 Å². The summed E-state index contributed by atoms with van der Waals surface area (Å²) in [5, 5.41) is 0.972. The van der Waals surface area contributed by atoms with Gasteiger partial charge in [-0.05, 0) is 6.07 Å². The Balaban J connectivity index is 0.00000144. The van der Waals surface area contributed by atoms with Crippen LogP contribution in [0, 0.1) is 0 Å². The van der Waals surface area contributed by atoms with Crippen LogP contribution in [0.15, 0.2) is 47.8 Å². The van der Waals surface area contributed by atoms with E-state index in [1.165, 1.54) is 0 Å². The van der Waals surface area contributed by atoms with Gasteiger partial charge in [0.2, 0.25) is 0 Å². The highest BCUT2D eigenvalue weighted by Crippen LogP contribution is 2.21. The van der Waals surface area contributed by atoms with Crippen LogP contribution in [0.2, 0.25) is 0 Å². The first-order valence-electron chi connectivity index (χ1n) is 5.10. The lowest BCUT2D eigenvalue weighted by Crippen LogP contribution is -2.01. The summed E-state index contributed by atoms with van der Waals surface area (Å²) in [4.78, 5) is 8.46. The van der Waals surface area contributed by atoms with Gasteiger partial charge in [-0.1, -0.05) is 30.3 Å². The maximum Gasteiger partial charge on any atom is 0.117 e. The lowest BCUT2D eigenvalue weighted by molar-refractivity contribution is 1.05. The molecule has 1 aromatic heterocycles. The molecule has 2 rings (SSSR count). The highest BCUT2D eigenvalue weighted by Gasteiger charge is 2.01. The van der Waals surface area contributed by atoms with Gasteiger partial charge in [-0.3, -0.25) is 0 Å². The maximum atomic E-state index is 5.46. The van der Waals surface area contributed by atoms with E-state index in [1.54, 1.807) is 18.1 Å². The molecule has 0 aliphatic heterocycles. The van der Waals surface area contributed by atoms with E-state index in [9.17, 15) is 0 Å². The predicted molar refractivity (Wildman–Crippen MR) is 77.6 cm³/mol. The summed E-state index contributed by atoms with van der Waals surface area (Å²) < 4.78 is 0. The molecule has 0 aliphatic rings. The SMILES string of the molecule is Br.NCCSc1cc(-c2ccccc2)ncn1. The van der Waals surface area contributed by atoms with E-state index in [2.05, 4.69) is 9.97 Å². The molecule has 0 saturated heterocycles. The fourth-order valence-electron chi connectivity index (χ4n) is 1.35. The maximum absolute atomic E-state index is 5.46. The van der Waals surface area contributed by atoms with E-state index in [1.807, 2.05) is 36.4 Å². The second kappa shape index (κ2) is 7.42. The molecule has 2 N–H and O–H groups in total. The van der Waals surface area contributed by atoms with Gasteiger partial charge in [0.25, 0.3) is 0 Å². The average Bonchev–Trinajstić information content (AvgIpc) is 2.38. The number of thioether (sulfide) groups is 1. The normalized spacial score (nSPS) is 9.71. The van der Waals surface area contributed by atoms with Gasteiger partial charge in [-0.25, -0.2) is 9.97 Å². The van der Waals surface area contributed by atoms with E-state index < -0.39 is 0 Å². The molecule has 0 unspecified atom stereocenters. The molecular formula is C12H14BrN3S. The number of hydrogen-bond acceptors (Lipinski definition) is 4. The van der Waals surface area contributed by atoms with Gasteiger partial charge < -0.3 is 5.73 Å². The van der Waals surface area contributed by atoms with E-state index in [-0.39, 0.29) is 17.0 Å². The van der Waals surface area contributed by atoms with Gasteiger partial charge >= 0.3 is 0 Å².